The van der Waals surface area contributed by atoms with Gasteiger partial charge in [0.25, 0.3) is 5.56 Å². The number of aryl methyl sites for hydroxylation is 1. The molecule has 0 bridgehead atoms. The largest absolute Gasteiger partial charge is 0.504 e. The van der Waals surface area contributed by atoms with Crippen LogP contribution in [0.4, 0.5) is 5.69 Å². The van der Waals surface area contributed by atoms with Gasteiger partial charge >= 0.3 is 0 Å². The second kappa shape index (κ2) is 13.2. The number of unbranched alkanes of at least 4 members (excludes halogenated alkanes) is 10. The van der Waals surface area contributed by atoms with Crippen molar-refractivity contribution >= 4 is 16.6 Å². The summed E-state index contributed by atoms with van der Waals surface area (Å²) >= 11 is 0. The molecule has 1 heterocycles. The van der Waals surface area contributed by atoms with E-state index in [2.05, 4.69) is 13.8 Å². The first-order valence-electron chi connectivity index (χ1n) is 11.9. The Balaban J connectivity index is 2.11. The molecule has 2 aromatic rings. The number of aromatic nitrogens is 1. The Hall–Kier alpha value is -2.17. The Labute approximate surface area is 181 Å². The molecule has 3 N–H and O–H groups in total. The lowest BCUT2D eigenvalue weighted by atomic mass is 10.1. The topological polar surface area (TPSA) is 77.5 Å². The Morgan fingerprint density at radius 1 is 0.900 bits per heavy atom. The molecule has 1 aromatic heterocycles. The number of nitrogen functional groups attached to an aromatic ring is 1. The first-order valence-corrected chi connectivity index (χ1v) is 11.9. The second-order valence-corrected chi connectivity index (χ2v) is 8.30. The summed E-state index contributed by atoms with van der Waals surface area (Å²) in [5, 5.41) is 11.3. The van der Waals surface area contributed by atoms with Crippen LogP contribution in [0.2, 0.25) is 0 Å². The van der Waals surface area contributed by atoms with Gasteiger partial charge in [-0.2, -0.15) is 0 Å². The Morgan fingerprint density at radius 3 is 2.17 bits per heavy atom. The van der Waals surface area contributed by atoms with Gasteiger partial charge in [0.15, 0.2) is 5.75 Å². The van der Waals surface area contributed by atoms with Crippen LogP contribution in [0.25, 0.3) is 10.9 Å². The van der Waals surface area contributed by atoms with E-state index < -0.39 is 0 Å². The molecule has 0 unspecified atom stereocenters. The van der Waals surface area contributed by atoms with E-state index in [1.807, 2.05) is 0 Å². The maximum absolute atomic E-state index is 13.1. The summed E-state index contributed by atoms with van der Waals surface area (Å²) in [5.41, 5.74) is 6.96. The summed E-state index contributed by atoms with van der Waals surface area (Å²) in [6.07, 6.45) is 13.8. The number of benzene rings is 1. The molecular formula is C25H40N2O3. The van der Waals surface area contributed by atoms with E-state index in [-0.39, 0.29) is 17.1 Å². The maximum atomic E-state index is 13.1. The molecule has 0 amide bonds. The van der Waals surface area contributed by atoms with Gasteiger partial charge in [0, 0.05) is 17.6 Å². The minimum absolute atomic E-state index is 0.0693. The van der Waals surface area contributed by atoms with Crippen LogP contribution in [0.3, 0.4) is 0 Å². The summed E-state index contributed by atoms with van der Waals surface area (Å²) in [6.45, 7) is 5.47. The van der Waals surface area contributed by atoms with Gasteiger partial charge in [-0.25, -0.2) is 0 Å². The highest BCUT2D eigenvalue weighted by Gasteiger charge is 2.17. The summed E-state index contributed by atoms with van der Waals surface area (Å²) in [4.78, 5) is 13.1. The molecule has 0 spiro atoms. The molecule has 0 aliphatic heterocycles. The number of nitrogens with zero attached hydrogens (tertiary/aromatic N) is 1. The zero-order valence-electron chi connectivity index (χ0n) is 18.9. The second-order valence-electron chi connectivity index (χ2n) is 8.30. The number of rotatable bonds is 15. The van der Waals surface area contributed by atoms with Gasteiger partial charge in [-0.1, -0.05) is 78.1 Å². The van der Waals surface area contributed by atoms with E-state index in [1.54, 1.807) is 22.8 Å². The Bertz CT molecular complexity index is 829. The summed E-state index contributed by atoms with van der Waals surface area (Å²) in [7, 11) is 0. The van der Waals surface area contributed by atoms with E-state index >= 15 is 0 Å². The maximum Gasteiger partial charge on any atom is 0.297 e. The average Bonchev–Trinajstić information content (AvgIpc) is 2.74. The van der Waals surface area contributed by atoms with Crippen LogP contribution >= 0.6 is 0 Å². The standard InChI is InChI=1S/C25H40N2O3/c1-3-5-7-9-11-13-17-27-22-19-20(26)15-16-21(22)23(28)24(25(27)29)30-18-14-12-10-8-6-4-2/h15-16,19,28H,3-14,17-18,26H2,1-2H3. The minimum atomic E-state index is -0.259. The molecule has 0 aliphatic carbocycles. The number of nitrogens with two attached hydrogens (primary N) is 1. The fourth-order valence-electron chi connectivity index (χ4n) is 3.89. The Morgan fingerprint density at radius 2 is 1.50 bits per heavy atom. The van der Waals surface area contributed by atoms with Crippen molar-refractivity contribution in [3.63, 3.8) is 0 Å². The molecule has 0 saturated heterocycles. The number of pyridine rings is 1. The van der Waals surface area contributed by atoms with Gasteiger partial charge in [0.2, 0.25) is 5.75 Å². The van der Waals surface area contributed by atoms with Crippen LogP contribution in [0.15, 0.2) is 23.0 Å². The molecule has 0 saturated carbocycles. The smallest absolute Gasteiger partial charge is 0.297 e. The number of hydrogen-bond donors (Lipinski definition) is 2. The fourth-order valence-corrected chi connectivity index (χ4v) is 3.89. The zero-order chi connectivity index (χ0) is 21.8. The van der Waals surface area contributed by atoms with E-state index in [9.17, 15) is 9.90 Å². The third-order valence-electron chi connectivity index (χ3n) is 5.70. The van der Waals surface area contributed by atoms with Crippen LogP contribution in [0.1, 0.15) is 90.9 Å². The number of fused-ring (bicyclic) bond motifs is 1. The lowest BCUT2D eigenvalue weighted by Gasteiger charge is -2.16. The molecule has 0 atom stereocenters. The first kappa shape index (κ1) is 24.1. The highest BCUT2D eigenvalue weighted by Crippen LogP contribution is 2.32. The van der Waals surface area contributed by atoms with Crippen molar-refractivity contribution in [3.8, 4) is 11.5 Å². The van der Waals surface area contributed by atoms with Crippen LogP contribution in [-0.4, -0.2) is 16.3 Å². The van der Waals surface area contributed by atoms with Crippen molar-refractivity contribution < 1.29 is 9.84 Å². The number of anilines is 1. The van der Waals surface area contributed by atoms with Gasteiger partial charge in [0.1, 0.15) is 0 Å². The van der Waals surface area contributed by atoms with Crippen molar-refractivity contribution in [2.75, 3.05) is 12.3 Å². The summed E-state index contributed by atoms with van der Waals surface area (Å²) < 4.78 is 7.52. The number of aromatic hydroxyl groups is 1. The Kier molecular flexibility index (Phi) is 10.6. The van der Waals surface area contributed by atoms with Gasteiger partial charge in [-0.05, 0) is 31.0 Å². The van der Waals surface area contributed by atoms with Gasteiger partial charge in [0.05, 0.1) is 12.1 Å². The zero-order valence-corrected chi connectivity index (χ0v) is 18.9. The normalized spacial score (nSPS) is 11.3. The van der Waals surface area contributed by atoms with Crippen molar-refractivity contribution in [3.05, 3.63) is 28.6 Å². The molecule has 5 nitrogen and oxygen atoms in total. The van der Waals surface area contributed by atoms with E-state index in [0.29, 0.717) is 29.7 Å². The lowest BCUT2D eigenvalue weighted by molar-refractivity contribution is 0.283. The third-order valence-corrected chi connectivity index (χ3v) is 5.70. The number of ether oxygens (including phenoxy) is 1. The molecule has 5 heteroatoms. The van der Waals surface area contributed by atoms with Crippen LogP contribution in [-0.2, 0) is 6.54 Å². The van der Waals surface area contributed by atoms with Crippen LogP contribution in [0, 0.1) is 0 Å². The minimum Gasteiger partial charge on any atom is -0.504 e. The van der Waals surface area contributed by atoms with E-state index in [4.69, 9.17) is 10.5 Å². The fraction of sp³-hybridized carbons (Fsp3) is 0.640. The van der Waals surface area contributed by atoms with Crippen molar-refractivity contribution in [2.45, 2.75) is 97.4 Å². The molecule has 0 radical (unpaired) electrons. The highest BCUT2D eigenvalue weighted by atomic mass is 16.5. The highest BCUT2D eigenvalue weighted by molar-refractivity contribution is 5.89. The van der Waals surface area contributed by atoms with Crippen molar-refractivity contribution in [1.82, 2.24) is 4.57 Å². The van der Waals surface area contributed by atoms with Crippen molar-refractivity contribution in [2.24, 2.45) is 0 Å². The van der Waals surface area contributed by atoms with E-state index in [1.165, 1.54) is 51.4 Å². The summed E-state index contributed by atoms with van der Waals surface area (Å²) in [5.74, 6) is 0.00647. The lowest BCUT2D eigenvalue weighted by Crippen LogP contribution is -2.23. The van der Waals surface area contributed by atoms with Crippen LogP contribution < -0.4 is 16.0 Å². The molecule has 1 aromatic carbocycles. The molecule has 0 aliphatic rings. The van der Waals surface area contributed by atoms with Crippen molar-refractivity contribution in [1.29, 1.82) is 0 Å². The van der Waals surface area contributed by atoms with Gasteiger partial charge in [-0.15, -0.1) is 0 Å². The quantitative estimate of drug-likeness (QED) is 0.260. The molecule has 168 valence electrons. The predicted molar refractivity (Wildman–Crippen MR) is 127 cm³/mol. The predicted octanol–water partition coefficient (Wildman–Crippen LogP) is 6.39. The molecular weight excluding hydrogens is 376 g/mol. The first-order chi connectivity index (χ1) is 14.6. The molecule has 30 heavy (non-hydrogen) atoms. The molecule has 0 fully saturated rings. The third kappa shape index (κ3) is 6.96. The monoisotopic (exact) mass is 416 g/mol. The summed E-state index contributed by atoms with van der Waals surface area (Å²) in [6, 6.07) is 5.29. The average molecular weight is 417 g/mol. The number of hydrogen-bond acceptors (Lipinski definition) is 4. The van der Waals surface area contributed by atoms with Gasteiger partial charge in [-0.3, -0.25) is 4.79 Å². The van der Waals surface area contributed by atoms with Gasteiger partial charge < -0.3 is 20.1 Å². The SMILES string of the molecule is CCCCCCCCOc1c(O)c2ccc(N)cc2n(CCCCCCCC)c1=O. The van der Waals surface area contributed by atoms with Crippen LogP contribution in [0.5, 0.6) is 11.5 Å². The van der Waals surface area contributed by atoms with E-state index in [0.717, 1.165) is 25.7 Å². The molecule has 2 rings (SSSR count).